The molecular weight excluding hydrogens is 469 g/mol. The van der Waals surface area contributed by atoms with E-state index >= 15 is 4.39 Å². The number of ether oxygens (including phenoxy) is 4. The number of nitrogens with zero attached hydrogens (tertiary/aromatic N) is 4. The van der Waals surface area contributed by atoms with Crippen molar-refractivity contribution in [3.8, 4) is 17.2 Å². The Balaban J connectivity index is 1.53. The molecule has 4 rings (SSSR count). The average molecular weight is 498 g/mol. The van der Waals surface area contributed by atoms with Gasteiger partial charge in [0, 0.05) is 31.9 Å². The molecule has 0 aliphatic carbocycles. The number of amides is 1. The third-order valence-corrected chi connectivity index (χ3v) is 5.72. The van der Waals surface area contributed by atoms with Crippen molar-refractivity contribution in [1.29, 1.82) is 0 Å². The minimum Gasteiger partial charge on any atom is -0.493 e. The fraction of sp³-hybridized carbons (Fsp3) is 0.360. The van der Waals surface area contributed by atoms with Gasteiger partial charge in [0.15, 0.2) is 23.1 Å². The number of carbonyl (C=O) groups excluding carboxylic acids is 1. The molecule has 1 amide bonds. The number of rotatable bonds is 8. The van der Waals surface area contributed by atoms with Crippen LogP contribution in [0.15, 0.2) is 34.4 Å². The van der Waals surface area contributed by atoms with Gasteiger partial charge in [-0.15, -0.1) is 0 Å². The number of aryl methyl sites for hydroxylation is 1. The van der Waals surface area contributed by atoms with Crippen molar-refractivity contribution >= 4 is 35.2 Å². The Morgan fingerprint density at radius 1 is 1.25 bits per heavy atom. The summed E-state index contributed by atoms with van der Waals surface area (Å²) >= 11 is 0. The van der Waals surface area contributed by atoms with Gasteiger partial charge in [-0.2, -0.15) is 0 Å². The predicted octanol–water partition coefficient (Wildman–Crippen LogP) is 3.43. The van der Waals surface area contributed by atoms with E-state index in [1.807, 2.05) is 6.92 Å². The minimum absolute atomic E-state index is 0.00465. The number of hydrogen-bond donors (Lipinski definition) is 1. The van der Waals surface area contributed by atoms with E-state index in [0.29, 0.717) is 60.1 Å². The van der Waals surface area contributed by atoms with E-state index in [1.165, 1.54) is 20.4 Å². The lowest BCUT2D eigenvalue weighted by Gasteiger charge is -2.26. The molecule has 1 N–H and O–H groups in total. The van der Waals surface area contributed by atoms with Gasteiger partial charge in [0.1, 0.15) is 5.65 Å². The zero-order chi connectivity index (χ0) is 25.7. The Labute approximate surface area is 207 Å². The molecule has 2 aromatic heterocycles. The first kappa shape index (κ1) is 25.1. The summed E-state index contributed by atoms with van der Waals surface area (Å²) in [5.41, 5.74) is 2.02. The summed E-state index contributed by atoms with van der Waals surface area (Å²) in [7, 11) is 3.00. The molecule has 1 aliphatic heterocycles. The van der Waals surface area contributed by atoms with Crippen LogP contribution in [-0.2, 0) is 9.53 Å². The van der Waals surface area contributed by atoms with E-state index < -0.39 is 5.82 Å². The van der Waals surface area contributed by atoms with Crippen molar-refractivity contribution in [2.24, 2.45) is 9.98 Å². The molecule has 11 heteroatoms. The van der Waals surface area contributed by atoms with E-state index in [1.54, 1.807) is 23.1 Å². The second-order valence-corrected chi connectivity index (χ2v) is 8.05. The number of morpholine rings is 1. The maximum atomic E-state index is 15.1. The maximum absolute atomic E-state index is 15.1. The number of aromatic amines is 1. The summed E-state index contributed by atoms with van der Waals surface area (Å²) in [6, 6.07) is 4.89. The topological polar surface area (TPSA) is 111 Å². The van der Waals surface area contributed by atoms with E-state index in [4.69, 9.17) is 18.9 Å². The number of aliphatic imine (C=N–C) groups is 2. The van der Waals surface area contributed by atoms with E-state index in [9.17, 15) is 4.79 Å². The highest BCUT2D eigenvalue weighted by atomic mass is 19.1. The monoisotopic (exact) mass is 497 g/mol. The van der Waals surface area contributed by atoms with Crippen LogP contribution in [0.1, 0.15) is 17.7 Å². The number of hydrogen-bond acceptors (Lipinski definition) is 8. The maximum Gasteiger partial charge on any atom is 0.226 e. The van der Waals surface area contributed by atoms with Gasteiger partial charge in [-0.1, -0.05) is 0 Å². The van der Waals surface area contributed by atoms with Crippen molar-refractivity contribution in [2.45, 2.75) is 13.3 Å². The molecule has 0 atom stereocenters. The summed E-state index contributed by atoms with van der Waals surface area (Å²) in [4.78, 5) is 29.6. The predicted molar refractivity (Wildman–Crippen MR) is 134 cm³/mol. The number of pyridine rings is 1. The van der Waals surface area contributed by atoms with Crippen LogP contribution < -0.4 is 14.2 Å². The van der Waals surface area contributed by atoms with Crippen LogP contribution in [0.25, 0.3) is 11.0 Å². The summed E-state index contributed by atoms with van der Waals surface area (Å²) < 4.78 is 37.5. The molecule has 3 heterocycles. The number of fused-ring (bicyclic) bond motifs is 1. The van der Waals surface area contributed by atoms with Crippen molar-refractivity contribution < 1.29 is 28.1 Å². The van der Waals surface area contributed by atoms with Crippen LogP contribution in [0, 0.1) is 12.7 Å². The summed E-state index contributed by atoms with van der Waals surface area (Å²) in [6.07, 6.45) is 1.50. The summed E-state index contributed by atoms with van der Waals surface area (Å²) in [6.45, 7) is 7.83. The molecule has 36 heavy (non-hydrogen) atoms. The van der Waals surface area contributed by atoms with E-state index in [0.717, 1.165) is 5.69 Å². The van der Waals surface area contributed by atoms with Crippen molar-refractivity contribution in [3.05, 3.63) is 41.5 Å². The fourth-order valence-electron chi connectivity index (χ4n) is 3.90. The summed E-state index contributed by atoms with van der Waals surface area (Å²) in [5.74, 6) is 0.197. The van der Waals surface area contributed by atoms with Crippen molar-refractivity contribution in [3.63, 3.8) is 0 Å². The first-order valence-corrected chi connectivity index (χ1v) is 11.4. The molecule has 0 saturated carbocycles. The smallest absolute Gasteiger partial charge is 0.226 e. The number of H-pyrrole nitrogens is 1. The summed E-state index contributed by atoms with van der Waals surface area (Å²) in [5, 5.41) is 0.315. The third kappa shape index (κ3) is 5.30. The van der Waals surface area contributed by atoms with Crippen molar-refractivity contribution in [2.75, 3.05) is 47.1 Å². The minimum atomic E-state index is -0.560. The molecule has 190 valence electrons. The quantitative estimate of drug-likeness (QED) is 0.377. The Morgan fingerprint density at radius 2 is 2.03 bits per heavy atom. The number of halogens is 1. The first-order chi connectivity index (χ1) is 17.4. The van der Waals surface area contributed by atoms with Gasteiger partial charge in [0.2, 0.25) is 11.8 Å². The SMILES string of the molecule is C=Nc1cc(OCCC(=O)N2CCOCC2)c(OC)cc1/C(=N\C)Oc1cnc2[nH]c(C)cc2c1F. The largest absolute Gasteiger partial charge is 0.493 e. The molecule has 1 saturated heterocycles. The Morgan fingerprint density at radius 3 is 2.72 bits per heavy atom. The van der Waals surface area contributed by atoms with Crippen LogP contribution in [0.5, 0.6) is 17.2 Å². The number of benzene rings is 1. The lowest BCUT2D eigenvalue weighted by Crippen LogP contribution is -2.41. The van der Waals surface area contributed by atoms with Crippen LogP contribution in [0.3, 0.4) is 0 Å². The number of aromatic nitrogens is 2. The molecule has 0 spiro atoms. The number of carbonyl (C=O) groups is 1. The van der Waals surface area contributed by atoms with Gasteiger partial charge in [-0.05, 0) is 25.8 Å². The number of methoxy groups -OCH3 is 1. The number of nitrogens with one attached hydrogen (secondary N) is 1. The first-order valence-electron chi connectivity index (χ1n) is 11.4. The zero-order valence-electron chi connectivity index (χ0n) is 20.5. The third-order valence-electron chi connectivity index (χ3n) is 5.72. The molecule has 1 fully saturated rings. The normalized spacial score (nSPS) is 14.1. The Bertz CT molecular complexity index is 1300. The molecule has 10 nitrogen and oxygen atoms in total. The lowest BCUT2D eigenvalue weighted by atomic mass is 10.1. The second-order valence-electron chi connectivity index (χ2n) is 8.05. The molecule has 1 aliphatic rings. The van der Waals surface area contributed by atoms with Gasteiger partial charge < -0.3 is 28.8 Å². The molecule has 3 aromatic rings. The lowest BCUT2D eigenvalue weighted by molar-refractivity contribution is -0.135. The fourth-order valence-corrected chi connectivity index (χ4v) is 3.90. The molecular formula is C25H28FN5O5. The van der Waals surface area contributed by atoms with Gasteiger partial charge in [0.25, 0.3) is 0 Å². The second kappa shape index (κ2) is 11.2. The zero-order valence-corrected chi connectivity index (χ0v) is 20.5. The molecule has 0 unspecified atom stereocenters. The highest BCUT2D eigenvalue weighted by Crippen LogP contribution is 2.36. The Hall–Kier alpha value is -3.99. The van der Waals surface area contributed by atoms with E-state index in [-0.39, 0.29) is 30.6 Å². The van der Waals surface area contributed by atoms with Gasteiger partial charge in [-0.25, -0.2) is 9.37 Å². The van der Waals surface area contributed by atoms with Gasteiger partial charge in [0.05, 0.1) is 56.2 Å². The molecule has 1 aromatic carbocycles. The van der Waals surface area contributed by atoms with Crippen LogP contribution in [-0.4, -0.2) is 80.5 Å². The highest BCUT2D eigenvalue weighted by Gasteiger charge is 2.21. The highest BCUT2D eigenvalue weighted by molar-refractivity contribution is 6.01. The standard InChI is InChI=1S/C25H28FN5O5/c1-15-11-17-23(26)21(14-29-24(17)30-15)36-25(28-3)16-12-19(33-4)20(13-18(16)27-2)35-8-5-22(32)31-6-9-34-10-7-31/h11-14H,2,5-10H2,1,3-4H3,(H,29,30)/b28-25+. The average Bonchev–Trinajstić information content (AvgIpc) is 3.29. The van der Waals surface area contributed by atoms with E-state index in [2.05, 4.69) is 26.7 Å². The van der Waals surface area contributed by atoms with Crippen LogP contribution >= 0.6 is 0 Å². The van der Waals surface area contributed by atoms with Crippen LogP contribution in [0.2, 0.25) is 0 Å². The van der Waals surface area contributed by atoms with Crippen molar-refractivity contribution in [1.82, 2.24) is 14.9 Å². The molecule has 0 radical (unpaired) electrons. The van der Waals surface area contributed by atoms with Gasteiger partial charge >= 0.3 is 0 Å². The van der Waals surface area contributed by atoms with Crippen LogP contribution in [0.4, 0.5) is 10.1 Å². The molecule has 0 bridgehead atoms. The van der Waals surface area contributed by atoms with Gasteiger partial charge in [-0.3, -0.25) is 14.8 Å². The Kier molecular flexibility index (Phi) is 7.79.